The van der Waals surface area contributed by atoms with E-state index < -0.39 is 12.1 Å². The van der Waals surface area contributed by atoms with E-state index in [1.807, 2.05) is 0 Å². The molecule has 0 aromatic heterocycles. The molecule has 0 unspecified atom stereocenters. The van der Waals surface area contributed by atoms with Crippen LogP contribution in [0.25, 0.3) is 0 Å². The zero-order chi connectivity index (χ0) is 12.1. The third kappa shape index (κ3) is 2.43. The van der Waals surface area contributed by atoms with Crippen LogP contribution in [0.1, 0.15) is 11.7 Å². The molecule has 0 saturated heterocycles. The Balaban J connectivity index is 3.11. The summed E-state index contributed by atoms with van der Waals surface area (Å²) in [6.45, 7) is 0. The van der Waals surface area contributed by atoms with Crippen LogP contribution in [0, 0.1) is 0 Å². The van der Waals surface area contributed by atoms with Crippen LogP contribution in [0.3, 0.4) is 0 Å². The highest BCUT2D eigenvalue weighted by atomic mass is 16.5. The molecule has 1 N–H and O–H groups in total. The van der Waals surface area contributed by atoms with Crippen molar-refractivity contribution in [3.8, 4) is 11.5 Å². The van der Waals surface area contributed by atoms with Crippen LogP contribution in [0.2, 0.25) is 0 Å². The summed E-state index contributed by atoms with van der Waals surface area (Å²) in [5.41, 5.74) is 0.507. The molecule has 0 aliphatic carbocycles. The van der Waals surface area contributed by atoms with E-state index in [0.29, 0.717) is 17.1 Å². The predicted octanol–water partition coefficient (Wildman–Crippen LogP) is 1.48. The molecule has 16 heavy (non-hydrogen) atoms. The lowest BCUT2D eigenvalue weighted by Crippen LogP contribution is -2.13. The summed E-state index contributed by atoms with van der Waals surface area (Å²) in [5, 5.41) is 8.92. The van der Waals surface area contributed by atoms with Gasteiger partial charge in [0, 0.05) is 7.11 Å². The van der Waals surface area contributed by atoms with E-state index in [9.17, 15) is 4.79 Å². The molecule has 0 fully saturated rings. The highest BCUT2D eigenvalue weighted by Crippen LogP contribution is 2.30. The Morgan fingerprint density at radius 1 is 1.19 bits per heavy atom. The first-order valence-electron chi connectivity index (χ1n) is 4.61. The van der Waals surface area contributed by atoms with Crippen molar-refractivity contribution in [2.45, 2.75) is 6.10 Å². The average Bonchev–Trinajstić information content (AvgIpc) is 2.29. The lowest BCUT2D eigenvalue weighted by atomic mass is 10.1. The molecular formula is C11H14O5. The van der Waals surface area contributed by atoms with Crippen LogP contribution in [-0.2, 0) is 9.53 Å². The maximum absolute atomic E-state index is 10.9. The monoisotopic (exact) mass is 226 g/mol. The molecule has 0 radical (unpaired) electrons. The van der Waals surface area contributed by atoms with Gasteiger partial charge in [-0.1, -0.05) is 6.07 Å². The molecule has 0 aliphatic heterocycles. The number of ether oxygens (including phenoxy) is 3. The van der Waals surface area contributed by atoms with E-state index in [-0.39, 0.29) is 0 Å². The number of aliphatic carboxylic acids is 1. The molecular weight excluding hydrogens is 212 g/mol. The van der Waals surface area contributed by atoms with Gasteiger partial charge in [0.2, 0.25) is 0 Å². The van der Waals surface area contributed by atoms with Gasteiger partial charge in [0.25, 0.3) is 0 Å². The smallest absolute Gasteiger partial charge is 0.337 e. The van der Waals surface area contributed by atoms with Gasteiger partial charge in [0.05, 0.1) is 14.2 Å². The number of benzene rings is 1. The number of methoxy groups -OCH3 is 3. The predicted molar refractivity (Wildman–Crippen MR) is 56.9 cm³/mol. The van der Waals surface area contributed by atoms with Gasteiger partial charge in [-0.05, 0) is 17.7 Å². The molecule has 5 heteroatoms. The lowest BCUT2D eigenvalue weighted by Gasteiger charge is -2.13. The average molecular weight is 226 g/mol. The second-order valence-electron chi connectivity index (χ2n) is 3.07. The topological polar surface area (TPSA) is 65.0 Å². The standard InChI is InChI=1S/C11H14O5/c1-14-8-5-4-7(6-9(8)15-2)10(16-3)11(12)13/h4-6,10H,1-3H3,(H,12,13)/t10-/m0/s1. The highest BCUT2D eigenvalue weighted by Gasteiger charge is 2.20. The molecule has 0 saturated carbocycles. The van der Waals surface area contributed by atoms with E-state index >= 15 is 0 Å². The Morgan fingerprint density at radius 2 is 1.81 bits per heavy atom. The quantitative estimate of drug-likeness (QED) is 0.823. The second-order valence-corrected chi connectivity index (χ2v) is 3.07. The maximum atomic E-state index is 10.9. The van der Waals surface area contributed by atoms with Crippen molar-refractivity contribution in [2.24, 2.45) is 0 Å². The first-order valence-corrected chi connectivity index (χ1v) is 4.61. The number of hydrogen-bond donors (Lipinski definition) is 1. The summed E-state index contributed by atoms with van der Waals surface area (Å²) in [4.78, 5) is 10.9. The largest absolute Gasteiger partial charge is 0.493 e. The Hall–Kier alpha value is -1.75. The first kappa shape index (κ1) is 12.3. The van der Waals surface area contributed by atoms with E-state index in [1.54, 1.807) is 18.2 Å². The van der Waals surface area contributed by atoms with Crippen molar-refractivity contribution in [1.29, 1.82) is 0 Å². The van der Waals surface area contributed by atoms with Gasteiger partial charge in [-0.3, -0.25) is 0 Å². The van der Waals surface area contributed by atoms with Crippen molar-refractivity contribution in [3.63, 3.8) is 0 Å². The zero-order valence-corrected chi connectivity index (χ0v) is 9.39. The normalized spacial score (nSPS) is 11.9. The van der Waals surface area contributed by atoms with Gasteiger partial charge in [-0.2, -0.15) is 0 Å². The number of carbonyl (C=O) groups is 1. The van der Waals surface area contributed by atoms with Gasteiger partial charge >= 0.3 is 5.97 Å². The summed E-state index contributed by atoms with van der Waals surface area (Å²) >= 11 is 0. The van der Waals surface area contributed by atoms with Crippen LogP contribution < -0.4 is 9.47 Å². The fraction of sp³-hybridized carbons (Fsp3) is 0.364. The van der Waals surface area contributed by atoms with Crippen LogP contribution >= 0.6 is 0 Å². The van der Waals surface area contributed by atoms with E-state index in [2.05, 4.69) is 0 Å². The first-order chi connectivity index (χ1) is 7.63. The van der Waals surface area contributed by atoms with E-state index in [0.717, 1.165) is 0 Å². The fourth-order valence-corrected chi connectivity index (χ4v) is 1.40. The molecule has 0 aliphatic rings. The fourth-order valence-electron chi connectivity index (χ4n) is 1.40. The van der Waals surface area contributed by atoms with Crippen LogP contribution in [0.5, 0.6) is 11.5 Å². The van der Waals surface area contributed by atoms with Crippen molar-refractivity contribution in [1.82, 2.24) is 0 Å². The highest BCUT2D eigenvalue weighted by molar-refractivity contribution is 5.74. The molecule has 0 bridgehead atoms. The minimum absolute atomic E-state index is 0.475. The number of carboxylic acids is 1. The minimum Gasteiger partial charge on any atom is -0.493 e. The third-order valence-corrected chi connectivity index (χ3v) is 2.17. The van der Waals surface area contributed by atoms with Crippen LogP contribution in [-0.4, -0.2) is 32.4 Å². The van der Waals surface area contributed by atoms with Crippen LogP contribution in [0.15, 0.2) is 18.2 Å². The van der Waals surface area contributed by atoms with Crippen molar-refractivity contribution in [3.05, 3.63) is 23.8 Å². The number of hydrogen-bond acceptors (Lipinski definition) is 4. The van der Waals surface area contributed by atoms with Gasteiger partial charge < -0.3 is 19.3 Å². The summed E-state index contributed by atoms with van der Waals surface area (Å²) in [5.74, 6) is -0.0236. The summed E-state index contributed by atoms with van der Waals surface area (Å²) < 4.78 is 15.0. The molecule has 0 amide bonds. The van der Waals surface area contributed by atoms with Gasteiger partial charge in [-0.25, -0.2) is 4.79 Å². The summed E-state index contributed by atoms with van der Waals surface area (Å²) in [6.07, 6.45) is -1.00. The molecule has 1 rings (SSSR count). The third-order valence-electron chi connectivity index (χ3n) is 2.17. The Labute approximate surface area is 93.6 Å². The molecule has 88 valence electrons. The second kappa shape index (κ2) is 5.37. The molecule has 1 atom stereocenters. The zero-order valence-electron chi connectivity index (χ0n) is 9.39. The van der Waals surface area contributed by atoms with Gasteiger partial charge in [0.1, 0.15) is 0 Å². The Morgan fingerprint density at radius 3 is 2.25 bits per heavy atom. The molecule has 5 nitrogen and oxygen atoms in total. The van der Waals surface area contributed by atoms with Gasteiger partial charge in [-0.15, -0.1) is 0 Å². The van der Waals surface area contributed by atoms with E-state index in [1.165, 1.54) is 21.3 Å². The SMILES string of the molecule is COc1ccc([C@H](OC)C(=O)O)cc1OC. The number of rotatable bonds is 5. The lowest BCUT2D eigenvalue weighted by molar-refractivity contribution is -0.148. The van der Waals surface area contributed by atoms with E-state index in [4.69, 9.17) is 19.3 Å². The summed E-state index contributed by atoms with van der Waals surface area (Å²) in [6, 6.07) is 4.86. The number of carboxylic acid groups (broad SMARTS) is 1. The van der Waals surface area contributed by atoms with Gasteiger partial charge in [0.15, 0.2) is 17.6 Å². The Bertz CT molecular complexity index is 375. The van der Waals surface area contributed by atoms with Crippen molar-refractivity contribution in [2.75, 3.05) is 21.3 Å². The van der Waals surface area contributed by atoms with Crippen LogP contribution in [0.4, 0.5) is 0 Å². The van der Waals surface area contributed by atoms with Crippen molar-refractivity contribution < 1.29 is 24.1 Å². The minimum atomic E-state index is -1.05. The van der Waals surface area contributed by atoms with Crippen molar-refractivity contribution >= 4 is 5.97 Å². The maximum Gasteiger partial charge on any atom is 0.337 e. The molecule has 1 aromatic rings. The summed E-state index contributed by atoms with van der Waals surface area (Å²) in [7, 11) is 4.35. The molecule has 0 heterocycles. The molecule has 1 aromatic carbocycles. The molecule has 0 spiro atoms. The Kier molecular flexibility index (Phi) is 4.13.